The van der Waals surface area contributed by atoms with Crippen LogP contribution in [0.3, 0.4) is 0 Å². The van der Waals surface area contributed by atoms with E-state index < -0.39 is 22.3 Å². The van der Waals surface area contributed by atoms with Crippen molar-refractivity contribution in [2.45, 2.75) is 0 Å². The number of nitrogens with zero attached hydrogens (tertiary/aromatic N) is 2. The molecule has 8 nitrogen and oxygen atoms in total. The predicted octanol–water partition coefficient (Wildman–Crippen LogP) is 0.397. The summed E-state index contributed by atoms with van der Waals surface area (Å²) in [5.41, 5.74) is 3.99. The highest BCUT2D eigenvalue weighted by molar-refractivity contribution is 5.99. The third-order valence-corrected chi connectivity index (χ3v) is 2.76. The van der Waals surface area contributed by atoms with Crippen molar-refractivity contribution in [2.75, 3.05) is 39.1 Å². The average Bonchev–Trinajstić information content (AvgIpc) is 2.44. The molecule has 3 N–H and O–H groups in total. The molecule has 0 aromatic heterocycles. The van der Waals surface area contributed by atoms with Gasteiger partial charge in [0.05, 0.1) is 29.9 Å². The molecule has 0 unspecified atom stereocenters. The summed E-state index contributed by atoms with van der Waals surface area (Å²) >= 11 is 0. The highest BCUT2D eigenvalue weighted by atomic mass is 19.1. The van der Waals surface area contributed by atoms with E-state index in [9.17, 15) is 19.3 Å². The number of aliphatic hydroxyl groups is 1. The Morgan fingerprint density at radius 3 is 2.71 bits per heavy atom. The molecule has 0 fully saturated rings. The summed E-state index contributed by atoms with van der Waals surface area (Å²) in [6.45, 7) is -0.0307. The molecule has 0 aliphatic heterocycles. The number of carbonyl (C=O) groups excluding carboxylic acids is 1. The lowest BCUT2D eigenvalue weighted by Crippen LogP contribution is -2.36. The Bertz CT molecular complexity index is 538. The molecule has 0 radical (unpaired) electrons. The number of halogens is 1. The Hall–Kier alpha value is -2.26. The number of anilines is 1. The number of hydrogen-bond acceptors (Lipinski definition) is 6. The summed E-state index contributed by atoms with van der Waals surface area (Å²) in [6, 6.07) is 1.53. The Labute approximate surface area is 120 Å². The fraction of sp³-hybridized carbons (Fsp3) is 0.417. The first-order valence-corrected chi connectivity index (χ1v) is 6.04. The minimum absolute atomic E-state index is 0.0311. The molecule has 9 heteroatoms. The molecule has 0 aliphatic rings. The molecule has 0 bridgehead atoms. The van der Waals surface area contributed by atoms with Crippen LogP contribution in [0.1, 0.15) is 10.4 Å². The molecule has 1 rings (SSSR count). The van der Waals surface area contributed by atoms with E-state index in [1.54, 1.807) is 0 Å². The van der Waals surface area contributed by atoms with Crippen LogP contribution in [-0.2, 0) is 4.74 Å². The molecule has 1 aromatic carbocycles. The minimum atomic E-state index is -0.969. The zero-order valence-electron chi connectivity index (χ0n) is 11.4. The van der Waals surface area contributed by atoms with Gasteiger partial charge >= 0.3 is 0 Å². The summed E-state index contributed by atoms with van der Waals surface area (Å²) in [6.07, 6.45) is 0. The van der Waals surface area contributed by atoms with Gasteiger partial charge in [0, 0.05) is 20.2 Å². The van der Waals surface area contributed by atoms with E-state index in [1.807, 2.05) is 0 Å². The second kappa shape index (κ2) is 7.50. The summed E-state index contributed by atoms with van der Waals surface area (Å²) in [4.78, 5) is 23.6. The SMILES string of the molecule is COCCN(CCO)C(=O)c1cc(N)c(F)cc1[N+](=O)[O-]. The average molecular weight is 301 g/mol. The maximum atomic E-state index is 13.3. The van der Waals surface area contributed by atoms with Gasteiger partial charge in [-0.25, -0.2) is 4.39 Å². The van der Waals surface area contributed by atoms with Crippen molar-refractivity contribution in [1.29, 1.82) is 0 Å². The quantitative estimate of drug-likeness (QED) is 0.427. The van der Waals surface area contributed by atoms with Crippen LogP contribution in [0.2, 0.25) is 0 Å². The maximum Gasteiger partial charge on any atom is 0.285 e. The molecule has 1 amide bonds. The second-order valence-corrected chi connectivity index (χ2v) is 4.16. The first-order valence-electron chi connectivity index (χ1n) is 6.04. The number of ether oxygens (including phenoxy) is 1. The van der Waals surface area contributed by atoms with Gasteiger partial charge in [-0.15, -0.1) is 0 Å². The van der Waals surface area contributed by atoms with Crippen LogP contribution in [0.15, 0.2) is 12.1 Å². The number of benzene rings is 1. The largest absolute Gasteiger partial charge is 0.396 e. The van der Waals surface area contributed by atoms with Crippen LogP contribution in [0.4, 0.5) is 15.8 Å². The summed E-state index contributed by atoms with van der Waals surface area (Å²) in [5.74, 6) is -1.69. The van der Waals surface area contributed by atoms with Gasteiger partial charge in [0.15, 0.2) is 5.82 Å². The molecule has 0 saturated carbocycles. The zero-order valence-corrected chi connectivity index (χ0v) is 11.4. The topological polar surface area (TPSA) is 119 Å². The highest BCUT2D eigenvalue weighted by Crippen LogP contribution is 2.25. The summed E-state index contributed by atoms with van der Waals surface area (Å²) in [5, 5.41) is 19.9. The second-order valence-electron chi connectivity index (χ2n) is 4.16. The molecule has 0 aliphatic carbocycles. The van der Waals surface area contributed by atoms with Crippen molar-refractivity contribution in [1.82, 2.24) is 4.90 Å². The summed E-state index contributed by atoms with van der Waals surface area (Å²) < 4.78 is 18.2. The van der Waals surface area contributed by atoms with Crippen LogP contribution >= 0.6 is 0 Å². The Balaban J connectivity index is 3.19. The number of nitro benzene ring substituents is 1. The molecule has 0 heterocycles. The maximum absolute atomic E-state index is 13.3. The number of rotatable bonds is 7. The first-order chi connectivity index (χ1) is 9.92. The van der Waals surface area contributed by atoms with E-state index in [-0.39, 0.29) is 37.6 Å². The Kier molecular flexibility index (Phi) is 6.00. The van der Waals surface area contributed by atoms with Crippen LogP contribution in [0, 0.1) is 15.9 Å². The van der Waals surface area contributed by atoms with Crippen LogP contribution in [0.25, 0.3) is 0 Å². The third-order valence-electron chi connectivity index (χ3n) is 2.76. The number of methoxy groups -OCH3 is 1. The molecule has 0 spiro atoms. The minimum Gasteiger partial charge on any atom is -0.396 e. The highest BCUT2D eigenvalue weighted by Gasteiger charge is 2.26. The van der Waals surface area contributed by atoms with Crippen molar-refractivity contribution in [3.63, 3.8) is 0 Å². The van der Waals surface area contributed by atoms with Crippen LogP contribution in [0.5, 0.6) is 0 Å². The smallest absolute Gasteiger partial charge is 0.285 e. The molecule has 0 atom stereocenters. The summed E-state index contributed by atoms with van der Waals surface area (Å²) in [7, 11) is 1.43. The Morgan fingerprint density at radius 1 is 1.52 bits per heavy atom. The van der Waals surface area contributed by atoms with Gasteiger partial charge in [-0.2, -0.15) is 0 Å². The number of nitrogens with two attached hydrogens (primary N) is 1. The number of nitrogen functional groups attached to an aromatic ring is 1. The fourth-order valence-electron chi connectivity index (χ4n) is 1.71. The van der Waals surface area contributed by atoms with Crippen molar-refractivity contribution < 1.29 is 24.0 Å². The van der Waals surface area contributed by atoms with Crippen molar-refractivity contribution in [3.05, 3.63) is 33.6 Å². The van der Waals surface area contributed by atoms with Gasteiger partial charge in [-0.05, 0) is 6.07 Å². The number of nitro groups is 1. The number of aliphatic hydroxyl groups excluding tert-OH is 1. The molecular formula is C12H16FN3O5. The van der Waals surface area contributed by atoms with Gasteiger partial charge < -0.3 is 20.5 Å². The van der Waals surface area contributed by atoms with E-state index in [2.05, 4.69) is 0 Å². The molecule has 1 aromatic rings. The van der Waals surface area contributed by atoms with Gasteiger partial charge in [0.1, 0.15) is 5.56 Å². The van der Waals surface area contributed by atoms with E-state index in [4.69, 9.17) is 15.6 Å². The Morgan fingerprint density at radius 2 is 2.19 bits per heavy atom. The first kappa shape index (κ1) is 16.8. The number of carbonyl (C=O) groups is 1. The monoisotopic (exact) mass is 301 g/mol. The molecule has 116 valence electrons. The normalized spacial score (nSPS) is 10.4. The lowest BCUT2D eigenvalue weighted by atomic mass is 10.1. The van der Waals surface area contributed by atoms with Gasteiger partial charge in [-0.3, -0.25) is 14.9 Å². The van der Waals surface area contributed by atoms with Gasteiger partial charge in [0.2, 0.25) is 0 Å². The lowest BCUT2D eigenvalue weighted by molar-refractivity contribution is -0.385. The van der Waals surface area contributed by atoms with E-state index in [0.29, 0.717) is 6.07 Å². The van der Waals surface area contributed by atoms with Crippen LogP contribution < -0.4 is 5.73 Å². The van der Waals surface area contributed by atoms with E-state index in [1.165, 1.54) is 12.0 Å². The fourth-order valence-corrected chi connectivity index (χ4v) is 1.71. The molecule has 0 saturated heterocycles. The van der Waals surface area contributed by atoms with Crippen LogP contribution in [-0.4, -0.2) is 54.3 Å². The predicted molar refractivity (Wildman–Crippen MR) is 72.3 cm³/mol. The lowest BCUT2D eigenvalue weighted by Gasteiger charge is -2.21. The van der Waals surface area contributed by atoms with Crippen molar-refractivity contribution in [2.24, 2.45) is 0 Å². The van der Waals surface area contributed by atoms with Crippen molar-refractivity contribution >= 4 is 17.3 Å². The number of amides is 1. The van der Waals surface area contributed by atoms with E-state index in [0.717, 1.165) is 6.07 Å². The van der Waals surface area contributed by atoms with Gasteiger partial charge in [-0.1, -0.05) is 0 Å². The standard InChI is InChI=1S/C12H16FN3O5/c1-21-5-3-15(2-4-17)12(18)8-6-10(14)9(13)7-11(8)16(19)20/h6-7,17H,2-5,14H2,1H3. The zero-order chi connectivity index (χ0) is 16.0. The van der Waals surface area contributed by atoms with Gasteiger partial charge in [0.25, 0.3) is 11.6 Å². The third kappa shape index (κ3) is 4.10. The molecule has 21 heavy (non-hydrogen) atoms. The van der Waals surface area contributed by atoms with E-state index >= 15 is 0 Å². The molecular weight excluding hydrogens is 285 g/mol. The van der Waals surface area contributed by atoms with Crippen molar-refractivity contribution in [3.8, 4) is 0 Å². The number of hydrogen-bond donors (Lipinski definition) is 2.